The quantitative estimate of drug-likeness (QED) is 0.830. The number of benzene rings is 1. The Morgan fingerprint density at radius 2 is 2.12 bits per heavy atom. The van der Waals surface area contributed by atoms with Gasteiger partial charge in [-0.25, -0.2) is 0 Å². The third-order valence-corrected chi connectivity index (χ3v) is 2.70. The van der Waals surface area contributed by atoms with Gasteiger partial charge in [-0.3, -0.25) is 0 Å². The molecule has 2 nitrogen and oxygen atoms in total. The van der Waals surface area contributed by atoms with Crippen LogP contribution in [0.25, 0.3) is 0 Å². The van der Waals surface area contributed by atoms with Crippen molar-refractivity contribution in [3.05, 3.63) is 28.8 Å². The monoisotopic (exact) mass is 241 g/mol. The molecular formula is C13H20ClNO. The van der Waals surface area contributed by atoms with Crippen LogP contribution in [0, 0.1) is 5.92 Å². The van der Waals surface area contributed by atoms with Crippen LogP contribution in [-0.4, -0.2) is 13.2 Å². The molecule has 0 fully saturated rings. The van der Waals surface area contributed by atoms with E-state index in [2.05, 4.69) is 13.8 Å². The van der Waals surface area contributed by atoms with E-state index in [9.17, 15) is 0 Å². The molecule has 0 saturated heterocycles. The predicted molar refractivity (Wildman–Crippen MR) is 69.2 cm³/mol. The first-order chi connectivity index (χ1) is 7.65. The fraction of sp³-hybridized carbons (Fsp3) is 0.538. The fourth-order valence-corrected chi connectivity index (χ4v) is 1.71. The topological polar surface area (TPSA) is 35.2 Å². The van der Waals surface area contributed by atoms with Crippen molar-refractivity contribution in [1.29, 1.82) is 0 Å². The molecule has 90 valence electrons. The minimum atomic E-state index is 0.612. The van der Waals surface area contributed by atoms with E-state index >= 15 is 0 Å². The summed E-state index contributed by atoms with van der Waals surface area (Å²) < 4.78 is 5.74. The number of ether oxygens (including phenoxy) is 1. The average molecular weight is 242 g/mol. The average Bonchev–Trinajstić information content (AvgIpc) is 2.22. The molecule has 0 unspecified atom stereocenters. The van der Waals surface area contributed by atoms with Gasteiger partial charge >= 0.3 is 0 Å². The Balaban J connectivity index is 2.68. The van der Waals surface area contributed by atoms with Crippen LogP contribution in [0.4, 0.5) is 0 Å². The third kappa shape index (κ3) is 4.03. The lowest BCUT2D eigenvalue weighted by Crippen LogP contribution is -2.07. The lowest BCUT2D eigenvalue weighted by molar-refractivity contribution is 0.287. The highest BCUT2D eigenvalue weighted by molar-refractivity contribution is 6.32. The van der Waals surface area contributed by atoms with E-state index < -0.39 is 0 Å². The summed E-state index contributed by atoms with van der Waals surface area (Å²) in [7, 11) is 0. The number of rotatable bonds is 6. The van der Waals surface area contributed by atoms with Crippen LogP contribution in [0.15, 0.2) is 18.2 Å². The summed E-state index contributed by atoms with van der Waals surface area (Å²) in [5, 5.41) is 0.676. The smallest absolute Gasteiger partial charge is 0.141 e. The molecule has 0 spiro atoms. The van der Waals surface area contributed by atoms with Gasteiger partial charge in [0.15, 0.2) is 0 Å². The molecule has 16 heavy (non-hydrogen) atoms. The van der Waals surface area contributed by atoms with Gasteiger partial charge in [-0.1, -0.05) is 37.6 Å². The summed E-state index contributed by atoms with van der Waals surface area (Å²) in [6.07, 6.45) is 1.84. The number of para-hydroxylation sites is 1. The van der Waals surface area contributed by atoms with E-state index in [-0.39, 0.29) is 0 Å². The highest BCUT2D eigenvalue weighted by atomic mass is 35.5. The first-order valence-electron chi connectivity index (χ1n) is 5.75. The van der Waals surface area contributed by atoms with Crippen molar-refractivity contribution in [1.82, 2.24) is 0 Å². The first kappa shape index (κ1) is 13.3. The van der Waals surface area contributed by atoms with E-state index in [1.165, 1.54) is 0 Å². The Labute approximate surface area is 103 Å². The van der Waals surface area contributed by atoms with Gasteiger partial charge in [0.05, 0.1) is 11.6 Å². The summed E-state index contributed by atoms with van der Waals surface area (Å²) in [5.74, 6) is 1.44. The lowest BCUT2D eigenvalue weighted by atomic mass is 10.1. The molecule has 2 N–H and O–H groups in total. The van der Waals surface area contributed by atoms with Crippen LogP contribution in [0.2, 0.25) is 5.02 Å². The van der Waals surface area contributed by atoms with Crippen molar-refractivity contribution >= 4 is 11.6 Å². The van der Waals surface area contributed by atoms with E-state index in [1.54, 1.807) is 0 Å². The van der Waals surface area contributed by atoms with Crippen molar-refractivity contribution in [2.24, 2.45) is 11.7 Å². The van der Waals surface area contributed by atoms with Crippen LogP contribution < -0.4 is 10.5 Å². The Bertz CT molecular complexity index is 326. The highest BCUT2D eigenvalue weighted by Gasteiger charge is 2.07. The minimum Gasteiger partial charge on any atom is -0.492 e. The molecule has 0 saturated carbocycles. The lowest BCUT2D eigenvalue weighted by Gasteiger charge is -2.13. The predicted octanol–water partition coefficient (Wildman–Crippen LogP) is 3.27. The largest absolute Gasteiger partial charge is 0.492 e. The summed E-state index contributed by atoms with van der Waals surface area (Å²) in [5.41, 5.74) is 6.65. The van der Waals surface area contributed by atoms with E-state index in [1.807, 2.05) is 18.2 Å². The molecule has 0 bridgehead atoms. The van der Waals surface area contributed by atoms with Gasteiger partial charge in [0.1, 0.15) is 5.75 Å². The van der Waals surface area contributed by atoms with Crippen LogP contribution in [0.3, 0.4) is 0 Å². The van der Waals surface area contributed by atoms with Crippen LogP contribution in [0.5, 0.6) is 5.75 Å². The van der Waals surface area contributed by atoms with Gasteiger partial charge in [0.25, 0.3) is 0 Å². The molecule has 3 heteroatoms. The molecule has 1 rings (SSSR count). The summed E-state index contributed by atoms with van der Waals surface area (Å²) in [6, 6.07) is 5.80. The second kappa shape index (κ2) is 6.77. The van der Waals surface area contributed by atoms with E-state index in [0.29, 0.717) is 24.1 Å². The summed E-state index contributed by atoms with van der Waals surface area (Å²) in [4.78, 5) is 0. The number of hydrogen-bond donors (Lipinski definition) is 1. The number of hydrogen-bond acceptors (Lipinski definition) is 2. The number of halogens is 1. The van der Waals surface area contributed by atoms with Crippen molar-refractivity contribution in [3.8, 4) is 5.75 Å². The van der Waals surface area contributed by atoms with Gasteiger partial charge in [-0.2, -0.15) is 0 Å². The molecule has 0 amide bonds. The maximum atomic E-state index is 6.11. The Hall–Kier alpha value is -0.730. The summed E-state index contributed by atoms with van der Waals surface area (Å²) >= 11 is 6.11. The molecule has 0 aliphatic carbocycles. The first-order valence-corrected chi connectivity index (χ1v) is 6.13. The van der Waals surface area contributed by atoms with Crippen molar-refractivity contribution < 1.29 is 4.74 Å². The molecule has 0 aliphatic rings. The van der Waals surface area contributed by atoms with Crippen LogP contribution in [0.1, 0.15) is 25.8 Å². The molecule has 0 radical (unpaired) electrons. The molecule has 0 heterocycles. The van der Waals surface area contributed by atoms with Crippen molar-refractivity contribution in [3.63, 3.8) is 0 Å². The van der Waals surface area contributed by atoms with Crippen molar-refractivity contribution in [2.45, 2.75) is 26.7 Å². The van der Waals surface area contributed by atoms with E-state index in [4.69, 9.17) is 22.1 Å². The molecule has 0 atom stereocenters. The Morgan fingerprint density at radius 1 is 1.38 bits per heavy atom. The van der Waals surface area contributed by atoms with Gasteiger partial charge in [0, 0.05) is 0 Å². The minimum absolute atomic E-state index is 0.612. The standard InChI is InChI=1S/C13H20ClNO/c1-10(2)7-9-16-13-11(6-8-15)4-3-5-12(13)14/h3-5,10H,6-9,15H2,1-2H3. The Kier molecular flexibility index (Phi) is 5.64. The summed E-state index contributed by atoms with van der Waals surface area (Å²) in [6.45, 7) is 5.67. The highest BCUT2D eigenvalue weighted by Crippen LogP contribution is 2.29. The molecular weight excluding hydrogens is 222 g/mol. The second-order valence-corrected chi connectivity index (χ2v) is 4.70. The van der Waals surface area contributed by atoms with Gasteiger partial charge in [0.2, 0.25) is 0 Å². The SMILES string of the molecule is CC(C)CCOc1c(Cl)cccc1CCN. The van der Waals surface area contributed by atoms with Crippen LogP contribution in [-0.2, 0) is 6.42 Å². The van der Waals surface area contributed by atoms with Crippen molar-refractivity contribution in [2.75, 3.05) is 13.2 Å². The molecule has 1 aromatic rings. The maximum Gasteiger partial charge on any atom is 0.141 e. The third-order valence-electron chi connectivity index (χ3n) is 2.40. The zero-order chi connectivity index (χ0) is 12.0. The zero-order valence-electron chi connectivity index (χ0n) is 10.0. The normalized spacial score (nSPS) is 10.8. The van der Waals surface area contributed by atoms with Gasteiger partial charge in [-0.15, -0.1) is 0 Å². The Morgan fingerprint density at radius 3 is 2.75 bits per heavy atom. The molecule has 1 aromatic carbocycles. The second-order valence-electron chi connectivity index (χ2n) is 4.30. The van der Waals surface area contributed by atoms with E-state index in [0.717, 1.165) is 24.2 Å². The molecule has 0 aliphatic heterocycles. The fourth-order valence-electron chi connectivity index (χ4n) is 1.46. The zero-order valence-corrected chi connectivity index (χ0v) is 10.8. The van der Waals surface area contributed by atoms with Gasteiger partial charge < -0.3 is 10.5 Å². The maximum absolute atomic E-state index is 6.11. The van der Waals surface area contributed by atoms with Crippen LogP contribution >= 0.6 is 11.6 Å². The number of nitrogens with two attached hydrogens (primary N) is 1. The molecule has 0 aromatic heterocycles. The van der Waals surface area contributed by atoms with Gasteiger partial charge in [-0.05, 0) is 36.9 Å².